The van der Waals surface area contributed by atoms with Gasteiger partial charge in [-0.05, 0) is 35.9 Å². The Morgan fingerprint density at radius 1 is 0.920 bits per heavy atom. The molecule has 2 rings (SSSR count). The summed E-state index contributed by atoms with van der Waals surface area (Å²) >= 11 is 0. The van der Waals surface area contributed by atoms with E-state index >= 15 is 0 Å². The molecule has 0 aliphatic heterocycles. The lowest BCUT2D eigenvalue weighted by Gasteiger charge is -2.11. The molecule has 0 unspecified atom stereocenters. The topological polar surface area (TPSA) is 91.3 Å². The summed E-state index contributed by atoms with van der Waals surface area (Å²) in [6, 6.07) is 8.89. The first-order valence-corrected chi connectivity index (χ1v) is 7.31. The fourth-order valence-corrected chi connectivity index (χ4v) is 2.11. The third kappa shape index (κ3) is 4.41. The van der Waals surface area contributed by atoms with Crippen LogP contribution in [0, 0.1) is 0 Å². The van der Waals surface area contributed by atoms with Crippen LogP contribution in [0.1, 0.15) is 15.9 Å². The average molecular weight is 346 g/mol. The fraction of sp³-hybridized carbons (Fsp3) is 0.222. The summed E-state index contributed by atoms with van der Waals surface area (Å²) in [7, 11) is 4.12. The van der Waals surface area contributed by atoms with Gasteiger partial charge in [0.05, 0.1) is 33.3 Å². The molecule has 0 amide bonds. The van der Waals surface area contributed by atoms with Gasteiger partial charge in [-0.25, -0.2) is 4.79 Å². The number of aromatic hydroxyl groups is 1. The molecule has 0 spiro atoms. The lowest BCUT2D eigenvalue weighted by Crippen LogP contribution is -2.10. The largest absolute Gasteiger partial charge is 0.504 e. The molecule has 0 aromatic heterocycles. The van der Waals surface area contributed by atoms with Gasteiger partial charge in [0.25, 0.3) is 0 Å². The van der Waals surface area contributed by atoms with E-state index in [4.69, 9.17) is 14.2 Å². The second-order valence-corrected chi connectivity index (χ2v) is 5.01. The van der Waals surface area contributed by atoms with Crippen molar-refractivity contribution in [3.05, 3.63) is 47.5 Å². The number of phenolic OH excluding ortho intramolecular Hbond substituents is 1. The molecule has 1 N–H and O–H groups in total. The number of rotatable bonds is 6. The van der Waals surface area contributed by atoms with E-state index < -0.39 is 5.97 Å². The Hall–Kier alpha value is -3.22. The summed E-state index contributed by atoms with van der Waals surface area (Å²) in [5.41, 5.74) is 0.866. The number of phenols is 1. The second kappa shape index (κ2) is 8.05. The molecule has 0 saturated carbocycles. The van der Waals surface area contributed by atoms with Gasteiger partial charge in [-0.3, -0.25) is 4.79 Å². The maximum Gasteiger partial charge on any atom is 0.343 e. The van der Waals surface area contributed by atoms with Crippen molar-refractivity contribution >= 4 is 11.9 Å². The Morgan fingerprint density at radius 3 is 2.28 bits per heavy atom. The average Bonchev–Trinajstić information content (AvgIpc) is 2.62. The minimum Gasteiger partial charge on any atom is -0.504 e. The molecule has 7 nitrogen and oxygen atoms in total. The number of hydrogen-bond donors (Lipinski definition) is 1. The van der Waals surface area contributed by atoms with Crippen molar-refractivity contribution in [2.75, 3.05) is 21.3 Å². The minimum atomic E-state index is -0.641. The lowest BCUT2D eigenvalue weighted by atomic mass is 10.1. The van der Waals surface area contributed by atoms with Crippen LogP contribution in [0.2, 0.25) is 0 Å². The van der Waals surface area contributed by atoms with Crippen LogP contribution in [0.4, 0.5) is 0 Å². The van der Waals surface area contributed by atoms with Gasteiger partial charge in [-0.2, -0.15) is 0 Å². The zero-order valence-electron chi connectivity index (χ0n) is 14.1. The molecular formula is C18H18O7. The first-order chi connectivity index (χ1) is 12.0. The number of carbonyl (C=O) groups excluding carboxylic acids is 2. The number of esters is 2. The van der Waals surface area contributed by atoms with Gasteiger partial charge < -0.3 is 24.1 Å². The van der Waals surface area contributed by atoms with Crippen LogP contribution in [0.25, 0.3) is 0 Å². The number of benzene rings is 2. The molecule has 0 atom stereocenters. The summed E-state index contributed by atoms with van der Waals surface area (Å²) in [5, 5.41) is 9.58. The molecule has 2 aromatic carbocycles. The van der Waals surface area contributed by atoms with E-state index in [2.05, 4.69) is 4.74 Å². The summed E-state index contributed by atoms with van der Waals surface area (Å²) in [6.07, 6.45) is 0.0796. The van der Waals surface area contributed by atoms with E-state index in [1.54, 1.807) is 12.1 Å². The molecule has 25 heavy (non-hydrogen) atoms. The van der Waals surface area contributed by atoms with Crippen LogP contribution in [0.15, 0.2) is 36.4 Å². The van der Waals surface area contributed by atoms with Gasteiger partial charge in [0.1, 0.15) is 0 Å². The molecule has 0 aliphatic carbocycles. The Morgan fingerprint density at radius 2 is 1.64 bits per heavy atom. The van der Waals surface area contributed by atoms with Crippen molar-refractivity contribution in [2.45, 2.75) is 6.42 Å². The van der Waals surface area contributed by atoms with Crippen LogP contribution < -0.4 is 14.2 Å². The second-order valence-electron chi connectivity index (χ2n) is 5.01. The summed E-state index contributed by atoms with van der Waals surface area (Å²) in [6.45, 7) is 0. The van der Waals surface area contributed by atoms with Crippen LogP contribution in [0.3, 0.4) is 0 Å². The van der Waals surface area contributed by atoms with E-state index in [-0.39, 0.29) is 35.2 Å². The quantitative estimate of drug-likeness (QED) is 0.634. The molecule has 0 bridgehead atoms. The van der Waals surface area contributed by atoms with Gasteiger partial charge >= 0.3 is 11.9 Å². The first-order valence-electron chi connectivity index (χ1n) is 7.31. The fourth-order valence-electron chi connectivity index (χ4n) is 2.11. The summed E-state index contributed by atoms with van der Waals surface area (Å²) in [4.78, 5) is 23.6. The Labute approximate surface area is 144 Å². The normalized spacial score (nSPS) is 10.0. The Balaban J connectivity index is 2.21. The summed E-state index contributed by atoms with van der Waals surface area (Å²) in [5.74, 6) is -0.437. The monoisotopic (exact) mass is 346 g/mol. The number of carbonyl (C=O) groups is 2. The molecule has 2 aromatic rings. The lowest BCUT2D eigenvalue weighted by molar-refractivity contribution is -0.139. The van der Waals surface area contributed by atoms with Gasteiger partial charge in [0.2, 0.25) is 0 Å². The van der Waals surface area contributed by atoms with Gasteiger partial charge in [-0.15, -0.1) is 0 Å². The summed E-state index contributed by atoms with van der Waals surface area (Å²) < 4.78 is 20.1. The maximum atomic E-state index is 12.3. The van der Waals surface area contributed by atoms with Crippen LogP contribution >= 0.6 is 0 Å². The van der Waals surface area contributed by atoms with Crippen LogP contribution in [-0.4, -0.2) is 38.4 Å². The van der Waals surface area contributed by atoms with Gasteiger partial charge in [0, 0.05) is 0 Å². The van der Waals surface area contributed by atoms with E-state index in [0.717, 1.165) is 0 Å². The van der Waals surface area contributed by atoms with Crippen LogP contribution in [0.5, 0.6) is 23.0 Å². The van der Waals surface area contributed by atoms with Crippen molar-refractivity contribution in [2.24, 2.45) is 0 Å². The van der Waals surface area contributed by atoms with Crippen LogP contribution in [-0.2, 0) is 16.0 Å². The number of ether oxygens (including phenoxy) is 4. The highest BCUT2D eigenvalue weighted by Crippen LogP contribution is 2.31. The Kier molecular flexibility index (Phi) is 5.84. The third-order valence-electron chi connectivity index (χ3n) is 3.42. The predicted octanol–water partition coefficient (Wildman–Crippen LogP) is 2.34. The minimum absolute atomic E-state index is 0.0796. The maximum absolute atomic E-state index is 12.3. The van der Waals surface area contributed by atoms with E-state index in [1.165, 1.54) is 45.6 Å². The highest BCUT2D eigenvalue weighted by molar-refractivity contribution is 5.92. The number of methoxy groups -OCH3 is 3. The highest BCUT2D eigenvalue weighted by atomic mass is 16.6. The van der Waals surface area contributed by atoms with Crippen molar-refractivity contribution in [1.82, 2.24) is 0 Å². The molecule has 0 saturated heterocycles. The first kappa shape index (κ1) is 18.1. The Bertz CT molecular complexity index is 783. The molecule has 0 radical (unpaired) electrons. The zero-order chi connectivity index (χ0) is 18.4. The third-order valence-corrected chi connectivity index (χ3v) is 3.42. The van der Waals surface area contributed by atoms with Crippen molar-refractivity contribution in [1.29, 1.82) is 0 Å². The SMILES string of the molecule is COC(=O)Cc1ccc(OC(=O)c2ccc(O)c(OC)c2)c(OC)c1. The zero-order valence-corrected chi connectivity index (χ0v) is 14.1. The highest BCUT2D eigenvalue weighted by Gasteiger charge is 2.16. The standard InChI is InChI=1S/C18H18O7/c1-22-15-10-12(5-6-13(15)19)18(21)25-14-7-4-11(8-16(14)23-2)9-17(20)24-3/h4-8,10,19H,9H2,1-3H3. The van der Waals surface area contributed by atoms with Gasteiger partial charge in [0.15, 0.2) is 23.0 Å². The molecule has 0 aliphatic rings. The molecular weight excluding hydrogens is 328 g/mol. The molecule has 0 fully saturated rings. The van der Waals surface area contributed by atoms with Crippen molar-refractivity contribution in [3.63, 3.8) is 0 Å². The predicted molar refractivity (Wildman–Crippen MR) is 88.3 cm³/mol. The smallest absolute Gasteiger partial charge is 0.343 e. The molecule has 0 heterocycles. The van der Waals surface area contributed by atoms with E-state index in [9.17, 15) is 14.7 Å². The van der Waals surface area contributed by atoms with E-state index in [0.29, 0.717) is 11.3 Å². The molecule has 7 heteroatoms. The van der Waals surface area contributed by atoms with Crippen molar-refractivity contribution in [3.8, 4) is 23.0 Å². The number of hydrogen-bond acceptors (Lipinski definition) is 7. The van der Waals surface area contributed by atoms with Gasteiger partial charge in [-0.1, -0.05) is 6.07 Å². The van der Waals surface area contributed by atoms with E-state index in [1.807, 2.05) is 0 Å². The van der Waals surface area contributed by atoms with Crippen molar-refractivity contribution < 1.29 is 33.6 Å². The molecule has 132 valence electrons.